The summed E-state index contributed by atoms with van der Waals surface area (Å²) in [5, 5.41) is 1.21. The highest BCUT2D eigenvalue weighted by Crippen LogP contribution is 2.40. The van der Waals surface area contributed by atoms with Crippen LogP contribution in [0.1, 0.15) is 12.8 Å². The minimum Gasteiger partial charge on any atom is -0.420 e. The molecule has 0 spiro atoms. The summed E-state index contributed by atoms with van der Waals surface area (Å²) < 4.78 is 23.8. The molecular weight excluding hydrogens is 457 g/mol. The largest absolute Gasteiger partial charge is 0.420 e. The van der Waals surface area contributed by atoms with Crippen LogP contribution in [-0.2, 0) is 17.7 Å². The fraction of sp³-hybridized carbons (Fsp3) is 1.00. The van der Waals surface area contributed by atoms with Crippen molar-refractivity contribution in [3.8, 4) is 0 Å². The molecule has 0 saturated carbocycles. The zero-order valence-electron chi connectivity index (χ0n) is 20.4. The van der Waals surface area contributed by atoms with Crippen molar-refractivity contribution < 1.29 is 17.7 Å². The molecule has 0 heterocycles. The molecule has 0 atom stereocenters. The third-order valence-electron chi connectivity index (χ3n) is 6.52. The van der Waals surface area contributed by atoms with Gasteiger partial charge in [0.2, 0.25) is 0 Å². The van der Waals surface area contributed by atoms with Crippen LogP contribution in [0.25, 0.3) is 0 Å². The van der Waals surface area contributed by atoms with Crippen molar-refractivity contribution in [2.24, 2.45) is 0 Å². The summed E-state index contributed by atoms with van der Waals surface area (Å²) in [5.74, 6) is 2.32. The van der Waals surface area contributed by atoms with Gasteiger partial charge in [0.15, 0.2) is 33.3 Å². The van der Waals surface area contributed by atoms with Gasteiger partial charge in [-0.15, -0.1) is 0 Å². The maximum atomic E-state index is 5.96. The Morgan fingerprint density at radius 1 is 0.500 bits per heavy atom. The molecule has 0 amide bonds. The molecule has 0 aliphatic heterocycles. The molecule has 0 aromatic heterocycles. The third-order valence-corrected chi connectivity index (χ3v) is 29.4. The zero-order valence-corrected chi connectivity index (χ0v) is 26.1. The molecule has 0 aromatic rings. The van der Waals surface area contributed by atoms with Gasteiger partial charge in [-0.05, 0) is 75.5 Å². The van der Waals surface area contributed by atoms with Crippen LogP contribution in [0.15, 0.2) is 0 Å². The Labute approximate surface area is 187 Å². The monoisotopic (exact) mass is 502 g/mol. The molecule has 0 unspecified atom stereocenters. The molecule has 0 aliphatic carbocycles. The lowest BCUT2D eigenvalue weighted by molar-refractivity contribution is 0.369. The summed E-state index contributed by atoms with van der Waals surface area (Å²) in [4.78, 5) is 0. The van der Waals surface area contributed by atoms with Crippen LogP contribution in [0.4, 0.5) is 0 Å². The Bertz CT molecular complexity index is 379. The Morgan fingerprint density at radius 2 is 0.714 bits per heavy atom. The smallest absolute Gasteiger partial charge is 0.188 e. The SMILES string of the molecule is CO[Si](C)(C)C(CCSSCCC([Si](C)(C)OC)[Si](C)(C)OC)[Si](C)(C)OC. The predicted octanol–water partition coefficient (Wildman–Crippen LogP) is 6.37. The van der Waals surface area contributed by atoms with Gasteiger partial charge >= 0.3 is 0 Å². The Balaban J connectivity index is 4.68. The van der Waals surface area contributed by atoms with Crippen LogP contribution in [0.3, 0.4) is 0 Å². The molecule has 0 N–H and O–H groups in total. The van der Waals surface area contributed by atoms with E-state index in [-0.39, 0.29) is 0 Å². The second-order valence-corrected chi connectivity index (χ2v) is 30.7. The molecule has 0 rings (SSSR count). The van der Waals surface area contributed by atoms with Crippen molar-refractivity contribution in [3.05, 3.63) is 0 Å². The van der Waals surface area contributed by atoms with Gasteiger partial charge in [-0.3, -0.25) is 0 Å². The van der Waals surface area contributed by atoms with Crippen molar-refractivity contribution in [1.82, 2.24) is 0 Å². The molecule has 0 bridgehead atoms. The maximum Gasteiger partial charge on any atom is 0.188 e. The first-order chi connectivity index (χ1) is 12.7. The lowest BCUT2D eigenvalue weighted by Crippen LogP contribution is -2.50. The fourth-order valence-electron chi connectivity index (χ4n) is 4.08. The zero-order chi connectivity index (χ0) is 22.2. The summed E-state index contributed by atoms with van der Waals surface area (Å²) in [5.41, 5.74) is 0. The topological polar surface area (TPSA) is 36.9 Å². The van der Waals surface area contributed by atoms with Gasteiger partial charge in [-0.2, -0.15) is 0 Å². The van der Waals surface area contributed by atoms with Gasteiger partial charge < -0.3 is 17.7 Å². The minimum absolute atomic E-state index is 0.607. The van der Waals surface area contributed by atoms with Gasteiger partial charge in [0.1, 0.15) is 0 Å². The van der Waals surface area contributed by atoms with E-state index in [1.165, 1.54) is 12.8 Å². The van der Waals surface area contributed by atoms with Crippen LogP contribution >= 0.6 is 21.6 Å². The third kappa shape index (κ3) is 8.87. The summed E-state index contributed by atoms with van der Waals surface area (Å²) in [6.07, 6.45) is 2.38. The summed E-state index contributed by atoms with van der Waals surface area (Å²) in [6, 6.07) is 0. The van der Waals surface area contributed by atoms with Gasteiger partial charge in [-0.1, -0.05) is 21.6 Å². The highest BCUT2D eigenvalue weighted by molar-refractivity contribution is 8.76. The average molecular weight is 503 g/mol. The molecule has 28 heavy (non-hydrogen) atoms. The Hall–Kier alpha value is 1.41. The predicted molar refractivity (Wildman–Crippen MR) is 140 cm³/mol. The van der Waals surface area contributed by atoms with Crippen LogP contribution < -0.4 is 0 Å². The van der Waals surface area contributed by atoms with Crippen molar-refractivity contribution in [2.45, 2.75) is 75.5 Å². The highest BCUT2D eigenvalue weighted by Gasteiger charge is 2.46. The Morgan fingerprint density at radius 3 is 0.893 bits per heavy atom. The highest BCUT2D eigenvalue weighted by atomic mass is 33.1. The van der Waals surface area contributed by atoms with E-state index in [9.17, 15) is 0 Å². The first-order valence-corrected chi connectivity index (χ1v) is 24.6. The molecule has 0 aliphatic rings. The van der Waals surface area contributed by atoms with Crippen LogP contribution in [0.2, 0.25) is 62.7 Å². The van der Waals surface area contributed by atoms with E-state index in [2.05, 4.69) is 52.4 Å². The first-order valence-electron chi connectivity index (χ1n) is 10.2. The molecular formula is C18H46O4S2Si4. The van der Waals surface area contributed by atoms with E-state index in [0.717, 1.165) is 11.5 Å². The van der Waals surface area contributed by atoms with Crippen LogP contribution in [0.5, 0.6) is 0 Å². The molecule has 0 saturated heterocycles. The summed E-state index contributed by atoms with van der Waals surface area (Å²) in [7, 11) is 4.67. The average Bonchev–Trinajstić information content (AvgIpc) is 2.62. The van der Waals surface area contributed by atoms with Crippen molar-refractivity contribution >= 4 is 54.9 Å². The van der Waals surface area contributed by atoms with Crippen molar-refractivity contribution in [3.63, 3.8) is 0 Å². The molecule has 0 fully saturated rings. The number of hydrogen-bond donors (Lipinski definition) is 0. The van der Waals surface area contributed by atoms with E-state index >= 15 is 0 Å². The second kappa shape index (κ2) is 12.4. The van der Waals surface area contributed by atoms with Crippen LogP contribution in [-0.4, -0.2) is 73.2 Å². The van der Waals surface area contributed by atoms with Gasteiger partial charge in [0, 0.05) is 39.9 Å². The molecule has 4 nitrogen and oxygen atoms in total. The van der Waals surface area contributed by atoms with Gasteiger partial charge in [0.05, 0.1) is 0 Å². The molecule has 170 valence electrons. The van der Waals surface area contributed by atoms with E-state index in [1.54, 1.807) is 0 Å². The van der Waals surface area contributed by atoms with Crippen LogP contribution in [0, 0.1) is 0 Å². The Kier molecular flexibility index (Phi) is 13.1. The molecule has 0 radical (unpaired) electrons. The maximum absolute atomic E-state index is 5.96. The minimum atomic E-state index is -1.72. The number of hydrogen-bond acceptors (Lipinski definition) is 6. The molecule has 10 heteroatoms. The van der Waals surface area contributed by atoms with E-state index in [0.29, 0.717) is 10.3 Å². The molecule has 0 aromatic carbocycles. The second-order valence-electron chi connectivity index (χ2n) is 9.56. The lowest BCUT2D eigenvalue weighted by atomic mass is 10.6. The lowest BCUT2D eigenvalue weighted by Gasteiger charge is -2.40. The summed E-state index contributed by atoms with van der Waals surface area (Å²) in [6.45, 7) is 18.7. The van der Waals surface area contributed by atoms with Gasteiger partial charge in [-0.25, -0.2) is 0 Å². The van der Waals surface area contributed by atoms with Gasteiger partial charge in [0.25, 0.3) is 0 Å². The normalized spacial score (nSPS) is 14.4. The number of rotatable bonds is 15. The van der Waals surface area contributed by atoms with Crippen molar-refractivity contribution in [2.75, 3.05) is 39.9 Å². The van der Waals surface area contributed by atoms with E-state index < -0.39 is 33.3 Å². The first kappa shape index (κ1) is 29.4. The standard InChI is InChI=1S/C18H46O4S2Si4/c1-19-25(5,6)17(26(7,8)20-2)13-15-23-24-16-14-18(27(9,10)21-3)28(11,12)22-4/h17-18H,13-16H2,1-12H3. The quantitative estimate of drug-likeness (QED) is 0.147. The van der Waals surface area contributed by atoms with E-state index in [1.807, 2.05) is 50.0 Å². The summed E-state index contributed by atoms with van der Waals surface area (Å²) >= 11 is 0. The fourth-order valence-corrected chi connectivity index (χ4v) is 26.4. The van der Waals surface area contributed by atoms with E-state index in [4.69, 9.17) is 17.7 Å². The van der Waals surface area contributed by atoms with Crippen molar-refractivity contribution in [1.29, 1.82) is 0 Å².